The SMILES string of the molecule is C=C(C)[C@@H]1CCC(C)=C[C@H]1c1c(O)cc([C@]23CC4CC(C[C@@](CO[N+](=O)[O-])(C4)C2)C3)cc1O. The number of aromatic hydroxyl groups is 2. The van der Waals surface area contributed by atoms with Crippen LogP contribution < -0.4 is 0 Å². The first kappa shape index (κ1) is 22.3. The average Bonchev–Trinajstić information content (AvgIpc) is 2.71. The molecule has 178 valence electrons. The van der Waals surface area contributed by atoms with E-state index in [1.807, 2.05) is 19.1 Å². The minimum absolute atomic E-state index is 0.0819. The standard InChI is InChI=1S/C27H35NO5/c1-16(2)21-5-4-17(3)6-22(21)25-23(29)8-20(9-24(25)30)27-12-18-7-19(13-27)11-26(10-18,14-27)15-33-28(31)32/h6,8-9,18-19,21-22,29-30H,1,4-5,7,10-15H2,2-3H3/t18?,19?,21-,22+,26-,27-/m0/s1. The van der Waals surface area contributed by atoms with Crippen molar-refractivity contribution in [1.29, 1.82) is 0 Å². The number of phenols is 2. The molecule has 4 bridgehead atoms. The molecule has 0 saturated heterocycles. The van der Waals surface area contributed by atoms with Gasteiger partial charge in [0.25, 0.3) is 5.09 Å². The molecule has 2 unspecified atom stereocenters. The van der Waals surface area contributed by atoms with Crippen molar-refractivity contribution in [2.75, 3.05) is 6.61 Å². The smallest absolute Gasteiger partial charge is 0.294 e. The van der Waals surface area contributed by atoms with E-state index in [-0.39, 0.29) is 40.8 Å². The topological polar surface area (TPSA) is 92.8 Å². The molecule has 0 radical (unpaired) electrons. The van der Waals surface area contributed by atoms with Crippen molar-refractivity contribution >= 4 is 0 Å². The summed E-state index contributed by atoms with van der Waals surface area (Å²) in [6.45, 7) is 8.45. The molecular formula is C27H35NO5. The first-order valence-corrected chi connectivity index (χ1v) is 12.3. The third-order valence-corrected chi connectivity index (χ3v) is 9.12. The van der Waals surface area contributed by atoms with Crippen molar-refractivity contribution in [3.63, 3.8) is 0 Å². The van der Waals surface area contributed by atoms with Crippen molar-refractivity contribution in [2.24, 2.45) is 23.2 Å². The second-order valence-corrected chi connectivity index (χ2v) is 11.7. The lowest BCUT2D eigenvalue weighted by Gasteiger charge is -2.62. The fourth-order valence-corrected chi connectivity index (χ4v) is 8.33. The van der Waals surface area contributed by atoms with Crippen LogP contribution in [-0.2, 0) is 10.3 Å². The largest absolute Gasteiger partial charge is 0.507 e. The molecule has 1 aromatic rings. The number of phenolic OH excluding ortho intramolecular Hbond substituents is 2. The van der Waals surface area contributed by atoms with E-state index in [1.165, 1.54) is 12.0 Å². The molecule has 0 spiro atoms. The maximum atomic E-state index is 11.2. The van der Waals surface area contributed by atoms with Gasteiger partial charge in [-0.15, -0.1) is 10.1 Å². The van der Waals surface area contributed by atoms with Crippen molar-refractivity contribution in [3.8, 4) is 11.5 Å². The Morgan fingerprint density at radius 2 is 1.85 bits per heavy atom. The van der Waals surface area contributed by atoms with Crippen LogP contribution in [0.25, 0.3) is 0 Å². The van der Waals surface area contributed by atoms with Crippen LogP contribution in [0.3, 0.4) is 0 Å². The summed E-state index contributed by atoms with van der Waals surface area (Å²) < 4.78 is 0. The van der Waals surface area contributed by atoms with Crippen molar-refractivity contribution < 1.29 is 20.1 Å². The van der Waals surface area contributed by atoms with Crippen LogP contribution in [0.5, 0.6) is 11.5 Å². The van der Waals surface area contributed by atoms with Gasteiger partial charge in [-0.1, -0.05) is 23.8 Å². The summed E-state index contributed by atoms with van der Waals surface area (Å²) in [5.74, 6) is 1.45. The molecule has 4 atom stereocenters. The predicted octanol–water partition coefficient (Wildman–Crippen LogP) is 6.16. The highest BCUT2D eigenvalue weighted by Gasteiger charge is 2.58. The first-order chi connectivity index (χ1) is 15.6. The molecule has 6 nitrogen and oxygen atoms in total. The lowest BCUT2D eigenvalue weighted by atomic mass is 9.43. The summed E-state index contributed by atoms with van der Waals surface area (Å²) >= 11 is 0. The number of allylic oxidation sites excluding steroid dienone is 3. The average molecular weight is 454 g/mol. The van der Waals surface area contributed by atoms with Gasteiger partial charge >= 0.3 is 0 Å². The second kappa shape index (κ2) is 7.78. The fraction of sp³-hybridized carbons (Fsp3) is 0.630. The van der Waals surface area contributed by atoms with E-state index in [0.717, 1.165) is 56.1 Å². The lowest BCUT2D eigenvalue weighted by Crippen LogP contribution is -2.55. The molecule has 5 aliphatic rings. The van der Waals surface area contributed by atoms with Gasteiger partial charge in [-0.25, -0.2) is 0 Å². The third-order valence-electron chi connectivity index (χ3n) is 9.12. The summed E-state index contributed by atoms with van der Waals surface area (Å²) in [5.41, 5.74) is 3.57. The van der Waals surface area contributed by atoms with Gasteiger partial charge in [-0.2, -0.15) is 0 Å². The minimum Gasteiger partial charge on any atom is -0.507 e. The summed E-state index contributed by atoms with van der Waals surface area (Å²) in [6, 6.07) is 3.75. The van der Waals surface area contributed by atoms with Crippen LogP contribution in [-0.4, -0.2) is 21.9 Å². The number of nitrogens with zero attached hydrogens (tertiary/aromatic N) is 1. The number of hydrogen-bond donors (Lipinski definition) is 2. The maximum Gasteiger partial charge on any atom is 0.294 e. The van der Waals surface area contributed by atoms with Gasteiger partial charge in [0, 0.05) is 11.5 Å². The molecule has 0 aromatic heterocycles. The molecule has 4 fully saturated rings. The van der Waals surface area contributed by atoms with Crippen molar-refractivity contribution in [1.82, 2.24) is 0 Å². The van der Waals surface area contributed by atoms with E-state index in [2.05, 4.69) is 19.6 Å². The molecule has 2 N–H and O–H groups in total. The van der Waals surface area contributed by atoms with Gasteiger partial charge in [0.1, 0.15) is 18.1 Å². The van der Waals surface area contributed by atoms with Crippen LogP contribution in [0.1, 0.15) is 82.3 Å². The van der Waals surface area contributed by atoms with E-state index in [1.54, 1.807) is 0 Å². The van der Waals surface area contributed by atoms with E-state index in [0.29, 0.717) is 17.4 Å². The van der Waals surface area contributed by atoms with Gasteiger partial charge < -0.3 is 15.1 Å². The van der Waals surface area contributed by atoms with Gasteiger partial charge in [-0.05, 0) is 111 Å². The Hall–Kier alpha value is -2.50. The molecule has 0 amide bonds. The normalized spacial score (nSPS) is 37.0. The molecule has 0 aliphatic heterocycles. The van der Waals surface area contributed by atoms with E-state index < -0.39 is 5.09 Å². The summed E-state index contributed by atoms with van der Waals surface area (Å²) in [7, 11) is 0. The van der Waals surface area contributed by atoms with Crippen LogP contribution in [0.2, 0.25) is 0 Å². The van der Waals surface area contributed by atoms with Crippen molar-refractivity contribution in [2.45, 2.75) is 76.5 Å². The Morgan fingerprint density at radius 1 is 1.21 bits per heavy atom. The summed E-state index contributed by atoms with van der Waals surface area (Å²) in [5, 5.41) is 32.7. The highest BCUT2D eigenvalue weighted by atomic mass is 16.9. The Morgan fingerprint density at radius 3 is 2.42 bits per heavy atom. The fourth-order valence-electron chi connectivity index (χ4n) is 8.33. The van der Waals surface area contributed by atoms with Gasteiger partial charge in [0.2, 0.25) is 0 Å². The Labute approximate surface area is 195 Å². The third kappa shape index (κ3) is 3.81. The van der Waals surface area contributed by atoms with Crippen molar-refractivity contribution in [3.05, 3.63) is 57.2 Å². The van der Waals surface area contributed by atoms with E-state index >= 15 is 0 Å². The van der Waals surface area contributed by atoms with Gasteiger partial charge in [0.05, 0.1) is 0 Å². The second-order valence-electron chi connectivity index (χ2n) is 11.7. The van der Waals surface area contributed by atoms with Crippen LogP contribution in [0, 0.1) is 33.3 Å². The molecule has 0 heterocycles. The molecule has 6 heteroatoms. The quantitative estimate of drug-likeness (QED) is 0.306. The number of benzene rings is 1. The van der Waals surface area contributed by atoms with Gasteiger partial charge in [-0.3, -0.25) is 0 Å². The Balaban J connectivity index is 1.51. The molecule has 1 aromatic carbocycles. The number of hydrogen-bond acceptors (Lipinski definition) is 5. The zero-order chi connectivity index (χ0) is 23.5. The zero-order valence-electron chi connectivity index (χ0n) is 19.7. The predicted molar refractivity (Wildman–Crippen MR) is 126 cm³/mol. The molecule has 33 heavy (non-hydrogen) atoms. The summed E-state index contributed by atoms with van der Waals surface area (Å²) in [4.78, 5) is 15.8. The zero-order valence-corrected chi connectivity index (χ0v) is 19.7. The summed E-state index contributed by atoms with van der Waals surface area (Å²) in [6.07, 6.45) is 10.1. The molecule has 4 saturated carbocycles. The van der Waals surface area contributed by atoms with Gasteiger partial charge in [0.15, 0.2) is 0 Å². The lowest BCUT2D eigenvalue weighted by molar-refractivity contribution is -0.761. The molecule has 5 aliphatic carbocycles. The highest BCUT2D eigenvalue weighted by Crippen LogP contribution is 2.66. The van der Waals surface area contributed by atoms with Crippen LogP contribution >= 0.6 is 0 Å². The van der Waals surface area contributed by atoms with Crippen LogP contribution in [0.15, 0.2) is 35.9 Å². The molecular weight excluding hydrogens is 418 g/mol. The van der Waals surface area contributed by atoms with E-state index in [4.69, 9.17) is 4.84 Å². The highest BCUT2D eigenvalue weighted by molar-refractivity contribution is 5.53. The monoisotopic (exact) mass is 453 g/mol. The number of rotatable bonds is 6. The van der Waals surface area contributed by atoms with Crippen LogP contribution in [0.4, 0.5) is 0 Å². The Kier molecular flexibility index (Phi) is 5.26. The Bertz CT molecular complexity index is 990. The van der Waals surface area contributed by atoms with E-state index in [9.17, 15) is 20.3 Å². The first-order valence-electron chi connectivity index (χ1n) is 12.3. The minimum atomic E-state index is -0.671. The molecule has 6 rings (SSSR count). The maximum absolute atomic E-state index is 11.2.